The summed E-state index contributed by atoms with van der Waals surface area (Å²) in [4.78, 5) is 26.5. The van der Waals surface area contributed by atoms with Crippen LogP contribution in [0.25, 0.3) is 0 Å². The molecule has 0 unspecified atom stereocenters. The van der Waals surface area contributed by atoms with E-state index in [-0.39, 0.29) is 11.8 Å². The molecular weight excluding hydrogens is 328 g/mol. The van der Waals surface area contributed by atoms with E-state index in [1.54, 1.807) is 30.3 Å². The average molecular weight is 341 g/mol. The van der Waals surface area contributed by atoms with Crippen molar-refractivity contribution in [1.29, 1.82) is 0 Å². The van der Waals surface area contributed by atoms with Gasteiger partial charge in [-0.1, -0.05) is 53.2 Å². The maximum atomic E-state index is 12.8. The van der Waals surface area contributed by atoms with E-state index >= 15 is 0 Å². The van der Waals surface area contributed by atoms with Gasteiger partial charge in [-0.15, -0.1) is 0 Å². The second kappa shape index (κ2) is 5.72. The summed E-state index contributed by atoms with van der Waals surface area (Å²) in [5.74, 6) is -0.658. The van der Waals surface area contributed by atoms with Crippen molar-refractivity contribution in [2.75, 3.05) is 4.90 Å². The number of nitrogens with zero attached hydrogens (tertiary/aromatic N) is 4. The summed E-state index contributed by atoms with van der Waals surface area (Å²) in [6, 6.07) is 14.7. The zero-order valence-corrected chi connectivity index (χ0v) is 13.3. The van der Waals surface area contributed by atoms with Gasteiger partial charge in [0.1, 0.15) is 0 Å². The highest BCUT2D eigenvalue weighted by molar-refractivity contribution is 6.31. The quantitative estimate of drug-likeness (QED) is 0.807. The molecule has 0 spiro atoms. The number of hydrogen-bond donors (Lipinski definition) is 0. The van der Waals surface area contributed by atoms with Crippen molar-refractivity contribution in [2.45, 2.75) is 18.6 Å². The molecule has 24 heavy (non-hydrogen) atoms. The topological polar surface area (TPSA) is 65.3 Å². The van der Waals surface area contributed by atoms with Gasteiger partial charge in [0.05, 0.1) is 12.2 Å². The van der Waals surface area contributed by atoms with Crippen molar-refractivity contribution in [3.8, 4) is 0 Å². The Hall–Kier alpha value is -2.73. The molecule has 1 fully saturated rings. The van der Waals surface area contributed by atoms with Crippen LogP contribution in [0.15, 0.2) is 64.9 Å². The highest BCUT2D eigenvalue weighted by Gasteiger charge is 2.54. The van der Waals surface area contributed by atoms with Crippen LogP contribution < -0.4 is 4.90 Å². The number of hydrogen-bond acceptors (Lipinski definition) is 5. The average Bonchev–Trinajstić information content (AvgIpc) is 3.11. The van der Waals surface area contributed by atoms with Crippen LogP contribution in [0.1, 0.15) is 5.56 Å². The second-order valence-corrected chi connectivity index (χ2v) is 6.04. The Labute approximate surface area is 143 Å². The predicted octanol–water partition coefficient (Wildman–Crippen LogP) is 2.83. The van der Waals surface area contributed by atoms with Crippen LogP contribution in [0.2, 0.25) is 5.02 Å². The van der Waals surface area contributed by atoms with E-state index < -0.39 is 12.1 Å². The number of anilines is 1. The SMILES string of the molecule is O=C1[C@@H]2[C@@H](N=NN2Cc2ccccc2Cl)C(=O)N1c1ccccc1. The molecule has 2 aromatic rings. The Bertz CT molecular complexity index is 839. The van der Waals surface area contributed by atoms with Crippen molar-refractivity contribution in [1.82, 2.24) is 5.01 Å². The third-order valence-electron chi connectivity index (χ3n) is 4.16. The van der Waals surface area contributed by atoms with Gasteiger partial charge in [0.15, 0.2) is 12.1 Å². The predicted molar refractivity (Wildman–Crippen MR) is 88.4 cm³/mol. The van der Waals surface area contributed by atoms with Crippen LogP contribution in [0.3, 0.4) is 0 Å². The van der Waals surface area contributed by atoms with Crippen LogP contribution in [0.4, 0.5) is 5.69 Å². The number of carbonyl (C=O) groups is 2. The second-order valence-electron chi connectivity index (χ2n) is 5.63. The number of carbonyl (C=O) groups excluding carboxylic acids is 2. The van der Waals surface area contributed by atoms with E-state index in [1.165, 1.54) is 9.91 Å². The van der Waals surface area contributed by atoms with Gasteiger partial charge in [-0.3, -0.25) is 14.6 Å². The summed E-state index contributed by atoms with van der Waals surface area (Å²) < 4.78 is 0. The van der Waals surface area contributed by atoms with Gasteiger partial charge in [-0.2, -0.15) is 5.11 Å². The van der Waals surface area contributed by atoms with Crippen molar-refractivity contribution >= 4 is 29.1 Å². The molecule has 0 aliphatic carbocycles. The summed E-state index contributed by atoms with van der Waals surface area (Å²) in [5, 5.41) is 10.2. The Morgan fingerprint density at radius 2 is 1.67 bits per heavy atom. The molecule has 6 nitrogen and oxygen atoms in total. The zero-order valence-electron chi connectivity index (χ0n) is 12.5. The first-order valence-electron chi connectivity index (χ1n) is 7.50. The molecule has 2 aromatic carbocycles. The molecule has 2 heterocycles. The van der Waals surface area contributed by atoms with Crippen LogP contribution in [-0.4, -0.2) is 28.9 Å². The Morgan fingerprint density at radius 3 is 2.42 bits per heavy atom. The smallest absolute Gasteiger partial charge is 0.263 e. The molecule has 7 heteroatoms. The van der Waals surface area contributed by atoms with Crippen LogP contribution in [0, 0.1) is 0 Å². The number of fused-ring (bicyclic) bond motifs is 1. The first-order valence-corrected chi connectivity index (χ1v) is 7.88. The summed E-state index contributed by atoms with van der Waals surface area (Å²) >= 11 is 6.17. The van der Waals surface area contributed by atoms with Gasteiger partial charge < -0.3 is 0 Å². The van der Waals surface area contributed by atoms with Crippen molar-refractivity contribution in [3.05, 3.63) is 65.2 Å². The number of rotatable bonds is 3. The highest BCUT2D eigenvalue weighted by atomic mass is 35.5. The van der Waals surface area contributed by atoms with Crippen molar-refractivity contribution < 1.29 is 9.59 Å². The normalized spacial score (nSPS) is 22.4. The molecule has 0 aromatic heterocycles. The van der Waals surface area contributed by atoms with Gasteiger partial charge in [-0.05, 0) is 23.8 Å². The van der Waals surface area contributed by atoms with E-state index in [2.05, 4.69) is 10.3 Å². The standard InChI is InChI=1S/C17H13ClN4O2/c18-13-9-5-4-6-11(13)10-21-15-14(19-20-21)16(23)22(17(15)24)12-7-2-1-3-8-12/h1-9,14-15H,10H2/t14-,15+/m1/s1. The van der Waals surface area contributed by atoms with Gasteiger partial charge in [0.2, 0.25) is 0 Å². The molecule has 0 bridgehead atoms. The molecule has 0 saturated carbocycles. The number of benzene rings is 2. The highest BCUT2D eigenvalue weighted by Crippen LogP contribution is 2.33. The van der Waals surface area contributed by atoms with Gasteiger partial charge in [0, 0.05) is 5.02 Å². The lowest BCUT2D eigenvalue weighted by Crippen LogP contribution is -2.39. The maximum Gasteiger partial charge on any atom is 0.263 e. The summed E-state index contributed by atoms with van der Waals surface area (Å²) in [7, 11) is 0. The Balaban J connectivity index is 1.62. The van der Waals surface area contributed by atoms with E-state index in [4.69, 9.17) is 11.6 Å². The summed E-state index contributed by atoms with van der Waals surface area (Å²) in [6.07, 6.45) is 0. The number of amides is 2. The van der Waals surface area contributed by atoms with Gasteiger partial charge in [0.25, 0.3) is 11.8 Å². The van der Waals surface area contributed by atoms with Crippen LogP contribution >= 0.6 is 11.6 Å². The Kier molecular flexibility index (Phi) is 3.54. The molecule has 1 saturated heterocycles. The number of halogens is 1. The fraction of sp³-hybridized carbons (Fsp3) is 0.176. The van der Waals surface area contributed by atoms with Gasteiger partial charge >= 0.3 is 0 Å². The molecule has 2 atom stereocenters. The first-order chi connectivity index (χ1) is 11.7. The molecule has 2 aliphatic rings. The van der Waals surface area contributed by atoms with E-state index in [0.717, 1.165) is 5.56 Å². The Morgan fingerprint density at radius 1 is 0.958 bits per heavy atom. The van der Waals surface area contributed by atoms with E-state index in [1.807, 2.05) is 24.3 Å². The van der Waals surface area contributed by atoms with E-state index in [0.29, 0.717) is 17.3 Å². The third-order valence-corrected chi connectivity index (χ3v) is 4.53. The lowest BCUT2D eigenvalue weighted by molar-refractivity contribution is -0.123. The molecule has 2 aliphatic heterocycles. The lowest BCUT2D eigenvalue weighted by atomic mass is 10.1. The fourth-order valence-corrected chi connectivity index (χ4v) is 3.18. The molecule has 2 amide bonds. The van der Waals surface area contributed by atoms with Crippen LogP contribution in [0.5, 0.6) is 0 Å². The lowest BCUT2D eigenvalue weighted by Gasteiger charge is -2.21. The molecule has 120 valence electrons. The van der Waals surface area contributed by atoms with Crippen LogP contribution in [-0.2, 0) is 16.1 Å². The zero-order chi connectivity index (χ0) is 16.7. The summed E-state index contributed by atoms with van der Waals surface area (Å²) in [5.41, 5.74) is 1.38. The minimum absolute atomic E-state index is 0.312. The molecule has 4 rings (SSSR count). The largest absolute Gasteiger partial charge is 0.271 e. The number of para-hydroxylation sites is 1. The van der Waals surface area contributed by atoms with Gasteiger partial charge in [-0.25, -0.2) is 4.90 Å². The summed E-state index contributed by atoms with van der Waals surface area (Å²) in [6.45, 7) is 0.325. The number of imide groups is 1. The van der Waals surface area contributed by atoms with Crippen molar-refractivity contribution in [3.63, 3.8) is 0 Å². The minimum atomic E-state index is -0.791. The molecular formula is C17H13ClN4O2. The first kappa shape index (κ1) is 14.8. The van der Waals surface area contributed by atoms with Crippen molar-refractivity contribution in [2.24, 2.45) is 10.3 Å². The monoisotopic (exact) mass is 340 g/mol. The maximum absolute atomic E-state index is 12.8. The minimum Gasteiger partial charge on any atom is -0.271 e. The molecule has 0 N–H and O–H groups in total. The van der Waals surface area contributed by atoms with E-state index in [9.17, 15) is 9.59 Å². The third kappa shape index (κ3) is 2.27. The fourth-order valence-electron chi connectivity index (χ4n) is 2.99. The molecule has 0 radical (unpaired) electrons.